The standard InChI is InChI=1S/C20H28N2O5/c1-14-6-5-7-15(2)22(14)19(24)13-26-17-10-8-16(9-11-17)20(25)27-12-18(23)21(3)4/h8-11,14-15H,5-7,12-13H2,1-4H3. The number of rotatable bonds is 6. The summed E-state index contributed by atoms with van der Waals surface area (Å²) < 4.78 is 10.5. The average Bonchev–Trinajstić information content (AvgIpc) is 2.64. The van der Waals surface area contributed by atoms with E-state index < -0.39 is 5.97 Å². The van der Waals surface area contributed by atoms with E-state index in [4.69, 9.17) is 9.47 Å². The monoisotopic (exact) mass is 376 g/mol. The normalized spacial score (nSPS) is 19.3. The summed E-state index contributed by atoms with van der Waals surface area (Å²) in [5.41, 5.74) is 0.318. The minimum Gasteiger partial charge on any atom is -0.484 e. The lowest BCUT2D eigenvalue weighted by molar-refractivity contribution is -0.139. The predicted octanol–water partition coefficient (Wildman–Crippen LogP) is 2.10. The molecule has 27 heavy (non-hydrogen) atoms. The van der Waals surface area contributed by atoms with Gasteiger partial charge in [-0.1, -0.05) is 0 Å². The van der Waals surface area contributed by atoms with Gasteiger partial charge in [-0.25, -0.2) is 4.79 Å². The average molecular weight is 376 g/mol. The maximum absolute atomic E-state index is 12.5. The SMILES string of the molecule is CC1CCCC(C)N1C(=O)COc1ccc(C(=O)OCC(=O)N(C)C)cc1. The van der Waals surface area contributed by atoms with Crippen molar-refractivity contribution in [3.63, 3.8) is 0 Å². The second-order valence-corrected chi connectivity index (χ2v) is 7.11. The van der Waals surface area contributed by atoms with Gasteiger partial charge in [0.2, 0.25) is 0 Å². The van der Waals surface area contributed by atoms with Crippen LogP contribution >= 0.6 is 0 Å². The molecule has 1 aliphatic rings. The van der Waals surface area contributed by atoms with Crippen LogP contribution in [0.15, 0.2) is 24.3 Å². The van der Waals surface area contributed by atoms with Gasteiger partial charge in [0, 0.05) is 26.2 Å². The first kappa shape index (κ1) is 20.7. The van der Waals surface area contributed by atoms with Gasteiger partial charge in [-0.15, -0.1) is 0 Å². The molecule has 1 heterocycles. The molecule has 1 aromatic rings. The highest BCUT2D eigenvalue weighted by molar-refractivity contribution is 5.91. The highest BCUT2D eigenvalue weighted by Crippen LogP contribution is 2.23. The van der Waals surface area contributed by atoms with E-state index in [-0.39, 0.29) is 37.1 Å². The first-order valence-electron chi connectivity index (χ1n) is 9.21. The summed E-state index contributed by atoms with van der Waals surface area (Å²) in [5, 5.41) is 0. The lowest BCUT2D eigenvalue weighted by Gasteiger charge is -2.38. The molecule has 2 unspecified atom stereocenters. The van der Waals surface area contributed by atoms with E-state index in [9.17, 15) is 14.4 Å². The van der Waals surface area contributed by atoms with E-state index in [1.807, 2.05) is 4.90 Å². The smallest absolute Gasteiger partial charge is 0.338 e. The zero-order chi connectivity index (χ0) is 20.0. The van der Waals surface area contributed by atoms with Gasteiger partial charge in [0.25, 0.3) is 11.8 Å². The van der Waals surface area contributed by atoms with Gasteiger partial charge in [0.15, 0.2) is 13.2 Å². The summed E-state index contributed by atoms with van der Waals surface area (Å²) in [4.78, 5) is 39.1. The van der Waals surface area contributed by atoms with Crippen molar-refractivity contribution in [3.8, 4) is 5.75 Å². The number of esters is 1. The van der Waals surface area contributed by atoms with Crippen molar-refractivity contribution in [1.82, 2.24) is 9.80 Å². The van der Waals surface area contributed by atoms with Crippen molar-refractivity contribution in [2.45, 2.75) is 45.2 Å². The molecule has 148 valence electrons. The molecule has 0 saturated carbocycles. The molecule has 1 aromatic carbocycles. The third-order valence-electron chi connectivity index (χ3n) is 4.76. The van der Waals surface area contributed by atoms with Gasteiger partial charge < -0.3 is 19.3 Å². The number of likely N-dealkylation sites (N-methyl/N-ethyl adjacent to an activating group) is 1. The van der Waals surface area contributed by atoms with Crippen LogP contribution < -0.4 is 4.74 Å². The molecule has 0 spiro atoms. The summed E-state index contributed by atoms with van der Waals surface area (Å²) in [7, 11) is 3.18. The first-order valence-corrected chi connectivity index (χ1v) is 9.21. The van der Waals surface area contributed by atoms with Gasteiger partial charge in [-0.3, -0.25) is 9.59 Å². The number of carbonyl (C=O) groups is 3. The number of amides is 2. The fraction of sp³-hybridized carbons (Fsp3) is 0.550. The Labute approximate surface area is 160 Å². The third-order valence-corrected chi connectivity index (χ3v) is 4.76. The van der Waals surface area contributed by atoms with Crippen LogP contribution in [-0.2, 0) is 14.3 Å². The fourth-order valence-electron chi connectivity index (χ4n) is 3.16. The Balaban J connectivity index is 1.85. The van der Waals surface area contributed by atoms with Crippen LogP contribution in [0.1, 0.15) is 43.5 Å². The minimum atomic E-state index is -0.580. The Morgan fingerprint density at radius 1 is 1.04 bits per heavy atom. The van der Waals surface area contributed by atoms with Crippen LogP contribution in [0.4, 0.5) is 0 Å². The molecule has 0 aliphatic carbocycles. The van der Waals surface area contributed by atoms with E-state index in [1.165, 1.54) is 4.90 Å². The van der Waals surface area contributed by atoms with Crippen molar-refractivity contribution >= 4 is 17.8 Å². The Kier molecular flexibility index (Phi) is 7.21. The quantitative estimate of drug-likeness (QED) is 0.711. The van der Waals surface area contributed by atoms with Gasteiger partial charge in [-0.2, -0.15) is 0 Å². The fourth-order valence-corrected chi connectivity index (χ4v) is 3.16. The Hall–Kier alpha value is -2.57. The molecule has 2 rings (SSSR count). The molecule has 0 aromatic heterocycles. The van der Waals surface area contributed by atoms with Crippen LogP contribution in [0.2, 0.25) is 0 Å². The summed E-state index contributed by atoms with van der Waals surface area (Å²) in [5.74, 6) is -0.395. The van der Waals surface area contributed by atoms with E-state index in [0.29, 0.717) is 11.3 Å². The lowest BCUT2D eigenvalue weighted by atomic mass is 9.97. The van der Waals surface area contributed by atoms with Crippen LogP contribution in [0, 0.1) is 0 Å². The number of likely N-dealkylation sites (tertiary alicyclic amines) is 1. The number of nitrogens with zero attached hydrogens (tertiary/aromatic N) is 2. The van der Waals surface area contributed by atoms with Crippen molar-refractivity contribution in [3.05, 3.63) is 29.8 Å². The molecular weight excluding hydrogens is 348 g/mol. The van der Waals surface area contributed by atoms with Gasteiger partial charge in [0.05, 0.1) is 5.56 Å². The lowest BCUT2D eigenvalue weighted by Crippen LogP contribution is -2.49. The minimum absolute atomic E-state index is 0.0274. The van der Waals surface area contributed by atoms with E-state index in [0.717, 1.165) is 19.3 Å². The maximum Gasteiger partial charge on any atom is 0.338 e. The number of hydrogen-bond donors (Lipinski definition) is 0. The molecule has 0 bridgehead atoms. The highest BCUT2D eigenvalue weighted by atomic mass is 16.5. The van der Waals surface area contributed by atoms with Crippen LogP contribution in [-0.4, -0.2) is 67.0 Å². The molecule has 2 amide bonds. The molecule has 7 heteroatoms. The second-order valence-electron chi connectivity index (χ2n) is 7.11. The zero-order valence-corrected chi connectivity index (χ0v) is 16.4. The number of ether oxygens (including phenoxy) is 2. The van der Waals surface area contributed by atoms with Crippen LogP contribution in [0.3, 0.4) is 0 Å². The molecule has 1 aliphatic heterocycles. The van der Waals surface area contributed by atoms with Gasteiger partial charge >= 0.3 is 5.97 Å². The maximum atomic E-state index is 12.5. The summed E-state index contributed by atoms with van der Waals surface area (Å²) in [6, 6.07) is 6.78. The van der Waals surface area contributed by atoms with E-state index in [1.54, 1.807) is 38.4 Å². The molecule has 7 nitrogen and oxygen atoms in total. The van der Waals surface area contributed by atoms with Crippen molar-refractivity contribution < 1.29 is 23.9 Å². The first-order chi connectivity index (χ1) is 12.8. The van der Waals surface area contributed by atoms with E-state index in [2.05, 4.69) is 13.8 Å². The number of carbonyl (C=O) groups excluding carboxylic acids is 3. The Morgan fingerprint density at radius 3 is 2.19 bits per heavy atom. The highest BCUT2D eigenvalue weighted by Gasteiger charge is 2.28. The summed E-state index contributed by atoms with van der Waals surface area (Å²) in [6.45, 7) is 3.80. The van der Waals surface area contributed by atoms with Crippen molar-refractivity contribution in [1.29, 1.82) is 0 Å². The molecular formula is C20H28N2O5. The van der Waals surface area contributed by atoms with E-state index >= 15 is 0 Å². The van der Waals surface area contributed by atoms with Gasteiger partial charge in [0.1, 0.15) is 5.75 Å². The summed E-state index contributed by atoms with van der Waals surface area (Å²) >= 11 is 0. The van der Waals surface area contributed by atoms with Crippen molar-refractivity contribution in [2.75, 3.05) is 27.3 Å². The largest absolute Gasteiger partial charge is 0.484 e. The predicted molar refractivity (Wildman–Crippen MR) is 101 cm³/mol. The Bertz CT molecular complexity index is 661. The number of hydrogen-bond acceptors (Lipinski definition) is 5. The molecule has 2 atom stereocenters. The molecule has 0 radical (unpaired) electrons. The Morgan fingerprint density at radius 2 is 1.63 bits per heavy atom. The molecule has 1 saturated heterocycles. The topological polar surface area (TPSA) is 76.1 Å². The zero-order valence-electron chi connectivity index (χ0n) is 16.4. The molecule has 1 fully saturated rings. The van der Waals surface area contributed by atoms with Gasteiger partial charge in [-0.05, 0) is 57.4 Å². The van der Waals surface area contributed by atoms with Crippen molar-refractivity contribution in [2.24, 2.45) is 0 Å². The number of piperidine rings is 1. The third kappa shape index (κ3) is 5.70. The number of benzene rings is 1. The second kappa shape index (κ2) is 9.39. The van der Waals surface area contributed by atoms with Crippen LogP contribution in [0.25, 0.3) is 0 Å². The summed E-state index contributed by atoms with van der Waals surface area (Å²) in [6.07, 6.45) is 3.18. The molecule has 0 N–H and O–H groups in total. The van der Waals surface area contributed by atoms with Crippen LogP contribution in [0.5, 0.6) is 5.75 Å².